The largest absolute Gasteiger partial charge is 0.484 e. The number of rotatable bonds is 3. The lowest BCUT2D eigenvalue weighted by molar-refractivity contribution is 0.267. The van der Waals surface area contributed by atoms with Crippen LogP contribution in [0.15, 0.2) is 40.8 Å². The Labute approximate surface area is 122 Å². The number of nitrogen functional groups attached to an aromatic ring is 1. The molecule has 3 aromatic rings. The Morgan fingerprint density at radius 3 is 2.95 bits per heavy atom. The van der Waals surface area contributed by atoms with Crippen LogP contribution in [0.5, 0.6) is 5.75 Å². The van der Waals surface area contributed by atoms with Gasteiger partial charge in [-0.15, -0.1) is 0 Å². The molecule has 0 spiro atoms. The highest BCUT2D eigenvalue weighted by molar-refractivity contribution is 5.76. The molecule has 1 heterocycles. The molecule has 4 rings (SSSR count). The summed E-state index contributed by atoms with van der Waals surface area (Å²) in [5.74, 6) is 1.44. The van der Waals surface area contributed by atoms with E-state index >= 15 is 0 Å². The van der Waals surface area contributed by atoms with Crippen LogP contribution in [0.2, 0.25) is 0 Å². The van der Waals surface area contributed by atoms with Gasteiger partial charge in [0.25, 0.3) is 0 Å². The summed E-state index contributed by atoms with van der Waals surface area (Å²) in [5, 5.41) is 0. The Morgan fingerprint density at radius 2 is 2.00 bits per heavy atom. The molecule has 4 heteroatoms. The highest BCUT2D eigenvalue weighted by Crippen LogP contribution is 2.26. The first-order valence-electron chi connectivity index (χ1n) is 7.17. The molecule has 0 saturated heterocycles. The maximum atomic E-state index is 5.79. The van der Waals surface area contributed by atoms with Crippen LogP contribution in [0.25, 0.3) is 11.1 Å². The zero-order valence-electron chi connectivity index (χ0n) is 11.6. The van der Waals surface area contributed by atoms with Gasteiger partial charge < -0.3 is 14.9 Å². The zero-order valence-corrected chi connectivity index (χ0v) is 11.6. The molecule has 0 saturated carbocycles. The smallest absolute Gasteiger partial charge is 0.233 e. The van der Waals surface area contributed by atoms with Gasteiger partial charge in [0, 0.05) is 11.8 Å². The maximum absolute atomic E-state index is 5.79. The van der Waals surface area contributed by atoms with Gasteiger partial charge in [-0.05, 0) is 54.7 Å². The van der Waals surface area contributed by atoms with Crippen LogP contribution in [0.3, 0.4) is 0 Å². The quantitative estimate of drug-likeness (QED) is 0.746. The molecule has 0 fully saturated rings. The Bertz CT molecular complexity index is 808. The summed E-state index contributed by atoms with van der Waals surface area (Å²) < 4.78 is 11.4. The minimum Gasteiger partial charge on any atom is -0.484 e. The molecule has 0 radical (unpaired) electrons. The van der Waals surface area contributed by atoms with E-state index in [-0.39, 0.29) is 0 Å². The molecule has 0 amide bonds. The lowest BCUT2D eigenvalue weighted by Gasteiger charge is -2.05. The average molecular weight is 280 g/mol. The summed E-state index contributed by atoms with van der Waals surface area (Å²) in [6.45, 7) is 0.327. The van der Waals surface area contributed by atoms with Crippen molar-refractivity contribution in [1.29, 1.82) is 0 Å². The van der Waals surface area contributed by atoms with Crippen molar-refractivity contribution < 1.29 is 9.15 Å². The Kier molecular flexibility index (Phi) is 2.81. The molecular weight excluding hydrogens is 264 g/mol. The number of fused-ring (bicyclic) bond motifs is 2. The monoisotopic (exact) mass is 280 g/mol. The third kappa shape index (κ3) is 2.33. The van der Waals surface area contributed by atoms with Gasteiger partial charge in [-0.25, -0.2) is 4.98 Å². The summed E-state index contributed by atoms with van der Waals surface area (Å²) in [5.41, 5.74) is 10.7. The SMILES string of the molecule is Nc1ccc2nc(COc3ccc4c(c3)CCC4)oc2c1. The number of nitrogens with zero attached hydrogens (tertiary/aromatic N) is 1. The van der Waals surface area contributed by atoms with Crippen molar-refractivity contribution in [2.24, 2.45) is 0 Å². The predicted octanol–water partition coefficient (Wildman–Crippen LogP) is 3.48. The third-order valence-electron chi connectivity index (χ3n) is 3.89. The van der Waals surface area contributed by atoms with Crippen molar-refractivity contribution >= 4 is 16.8 Å². The molecule has 2 aromatic carbocycles. The first-order chi connectivity index (χ1) is 10.3. The molecule has 1 aliphatic carbocycles. The van der Waals surface area contributed by atoms with Crippen LogP contribution in [0.4, 0.5) is 5.69 Å². The van der Waals surface area contributed by atoms with Crippen molar-refractivity contribution in [2.75, 3.05) is 5.73 Å². The van der Waals surface area contributed by atoms with Crippen LogP contribution in [0, 0.1) is 0 Å². The number of oxazole rings is 1. The number of anilines is 1. The van der Waals surface area contributed by atoms with Crippen LogP contribution in [-0.2, 0) is 19.4 Å². The molecule has 0 atom stereocenters. The molecule has 106 valence electrons. The number of aromatic nitrogens is 1. The Morgan fingerprint density at radius 1 is 1.10 bits per heavy atom. The second-order valence-corrected chi connectivity index (χ2v) is 5.41. The highest BCUT2D eigenvalue weighted by Gasteiger charge is 2.12. The predicted molar refractivity (Wildman–Crippen MR) is 81.2 cm³/mol. The molecule has 21 heavy (non-hydrogen) atoms. The van der Waals surface area contributed by atoms with E-state index in [0.29, 0.717) is 23.8 Å². The minimum atomic E-state index is 0.327. The standard InChI is InChI=1S/C17H16N2O2/c18-13-5-7-15-16(9-13)21-17(19-15)10-20-14-6-4-11-2-1-3-12(11)8-14/h4-9H,1-3,10,18H2. The summed E-state index contributed by atoms with van der Waals surface area (Å²) >= 11 is 0. The van der Waals surface area contributed by atoms with Crippen molar-refractivity contribution in [3.05, 3.63) is 53.4 Å². The van der Waals surface area contributed by atoms with E-state index in [9.17, 15) is 0 Å². The normalized spacial score (nSPS) is 13.5. The Balaban J connectivity index is 1.52. The van der Waals surface area contributed by atoms with Crippen LogP contribution < -0.4 is 10.5 Å². The van der Waals surface area contributed by atoms with E-state index in [0.717, 1.165) is 17.7 Å². The van der Waals surface area contributed by atoms with Gasteiger partial charge in [-0.1, -0.05) is 6.07 Å². The molecule has 0 bridgehead atoms. The molecule has 1 aliphatic rings. The number of nitrogens with two attached hydrogens (primary N) is 1. The van der Waals surface area contributed by atoms with Gasteiger partial charge in [0.1, 0.15) is 11.3 Å². The summed E-state index contributed by atoms with van der Waals surface area (Å²) in [6.07, 6.45) is 3.57. The first kappa shape index (κ1) is 12.3. The van der Waals surface area contributed by atoms with Gasteiger partial charge in [0.2, 0.25) is 5.89 Å². The fraction of sp³-hybridized carbons (Fsp3) is 0.235. The van der Waals surface area contributed by atoms with E-state index in [4.69, 9.17) is 14.9 Å². The molecule has 4 nitrogen and oxygen atoms in total. The van der Waals surface area contributed by atoms with Crippen molar-refractivity contribution in [2.45, 2.75) is 25.9 Å². The summed E-state index contributed by atoms with van der Waals surface area (Å²) in [6, 6.07) is 11.8. The van der Waals surface area contributed by atoms with Crippen LogP contribution >= 0.6 is 0 Å². The second kappa shape index (κ2) is 4.81. The van der Waals surface area contributed by atoms with Crippen molar-refractivity contribution in [3.8, 4) is 5.75 Å². The third-order valence-corrected chi connectivity index (χ3v) is 3.89. The fourth-order valence-electron chi connectivity index (χ4n) is 2.83. The van der Waals surface area contributed by atoms with Crippen molar-refractivity contribution in [3.63, 3.8) is 0 Å². The van der Waals surface area contributed by atoms with Crippen LogP contribution in [0.1, 0.15) is 23.4 Å². The second-order valence-electron chi connectivity index (χ2n) is 5.41. The fourth-order valence-corrected chi connectivity index (χ4v) is 2.83. The summed E-state index contributed by atoms with van der Waals surface area (Å²) in [4.78, 5) is 4.39. The molecule has 0 unspecified atom stereocenters. The van der Waals surface area contributed by atoms with Gasteiger partial charge in [-0.2, -0.15) is 0 Å². The van der Waals surface area contributed by atoms with E-state index < -0.39 is 0 Å². The maximum Gasteiger partial charge on any atom is 0.233 e. The molecule has 2 N–H and O–H groups in total. The average Bonchev–Trinajstić information content (AvgIpc) is 3.09. The van der Waals surface area contributed by atoms with E-state index in [1.54, 1.807) is 6.07 Å². The molecule has 0 aliphatic heterocycles. The van der Waals surface area contributed by atoms with Crippen molar-refractivity contribution in [1.82, 2.24) is 4.98 Å². The van der Waals surface area contributed by atoms with Crippen LogP contribution in [-0.4, -0.2) is 4.98 Å². The number of aryl methyl sites for hydroxylation is 2. The number of hydrogen-bond acceptors (Lipinski definition) is 4. The molecule has 1 aromatic heterocycles. The van der Waals surface area contributed by atoms with Gasteiger partial charge in [0.15, 0.2) is 12.2 Å². The topological polar surface area (TPSA) is 61.3 Å². The minimum absolute atomic E-state index is 0.327. The summed E-state index contributed by atoms with van der Waals surface area (Å²) in [7, 11) is 0. The van der Waals surface area contributed by atoms with Gasteiger partial charge >= 0.3 is 0 Å². The molecular formula is C17H16N2O2. The lowest BCUT2D eigenvalue weighted by Crippen LogP contribution is -1.96. The number of hydrogen-bond donors (Lipinski definition) is 1. The lowest BCUT2D eigenvalue weighted by atomic mass is 10.1. The van der Waals surface area contributed by atoms with E-state index in [1.807, 2.05) is 18.2 Å². The zero-order chi connectivity index (χ0) is 14.2. The van der Waals surface area contributed by atoms with Gasteiger partial charge in [-0.3, -0.25) is 0 Å². The highest BCUT2D eigenvalue weighted by atomic mass is 16.5. The van der Waals surface area contributed by atoms with Gasteiger partial charge in [0.05, 0.1) is 0 Å². The van der Waals surface area contributed by atoms with E-state index in [2.05, 4.69) is 17.1 Å². The number of ether oxygens (including phenoxy) is 1. The number of benzene rings is 2. The first-order valence-corrected chi connectivity index (χ1v) is 7.17. The van der Waals surface area contributed by atoms with E-state index in [1.165, 1.54) is 24.0 Å². The Hall–Kier alpha value is -2.49.